The zero-order valence-electron chi connectivity index (χ0n) is 38.5. The molecule has 2 heterocycles. The highest BCUT2D eigenvalue weighted by molar-refractivity contribution is 8.76. The van der Waals surface area contributed by atoms with Crippen molar-refractivity contribution in [3.05, 3.63) is 65.7 Å². The molecule has 2 aromatic rings. The molecule has 0 spiro atoms. The van der Waals surface area contributed by atoms with Gasteiger partial charge in [-0.3, -0.25) is 52.7 Å². The molecule has 11 amide bonds. The number of aromatic hydroxyl groups is 1. The van der Waals surface area contributed by atoms with E-state index >= 15 is 0 Å². The predicted molar refractivity (Wildman–Crippen MR) is 256 cm³/mol. The first-order chi connectivity index (χ1) is 33.1. The second-order valence-electron chi connectivity index (χ2n) is 17.0. The van der Waals surface area contributed by atoms with Crippen LogP contribution in [0.2, 0.25) is 0 Å². The van der Waals surface area contributed by atoms with E-state index in [4.69, 9.17) is 22.9 Å². The fourth-order valence-electron chi connectivity index (χ4n) is 7.38. The number of rotatable bonds is 15. The smallest absolute Gasteiger partial charge is 0.246 e. The van der Waals surface area contributed by atoms with Gasteiger partial charge in [-0.2, -0.15) is 0 Å². The van der Waals surface area contributed by atoms with E-state index < -0.39 is 139 Å². The van der Waals surface area contributed by atoms with Crippen molar-refractivity contribution in [2.45, 2.75) is 101 Å². The van der Waals surface area contributed by atoms with E-state index in [0.29, 0.717) is 17.5 Å². The summed E-state index contributed by atoms with van der Waals surface area (Å²) in [7, 11) is 2.01. The first kappa shape index (κ1) is 55.7. The van der Waals surface area contributed by atoms with Gasteiger partial charge in [0.05, 0.1) is 25.4 Å². The molecule has 16 N–H and O–H groups in total. The molecule has 2 fully saturated rings. The third-order valence-corrected chi connectivity index (χ3v) is 13.5. The maximum absolute atomic E-state index is 14.5. The molecule has 0 bridgehead atoms. The second-order valence-corrected chi connectivity index (χ2v) is 19.5. The standard InChI is InChI=1S/C44H60N12O12S2/c1-22(2)36(43(67)49-19-35(48)60)55-42(66)32-9-6-14-56(32)44(68)31-21-70-69-20-26(45)37(61)50-27(16-24-10-12-25(57)13-11-24)38(62)51-28(15-23-7-4-3-5-8-23)39(63)52-29(17-33(46)58)40(64)53-30(18-34(47)59)41(65)54-31/h3-5,7-8,10-13,22,26-32,36,57H,6,9,14-21,45H2,1-2H3,(H2,46,58)(H2,47,59)(H2,48,60)(H,49,67)(H,50,61)(H,51,62)(H,52,63)(H,53,64)(H,54,65)(H,55,66)/t26-,27-,28-,29-,30-,31-,32-,36-/m0/s1. The summed E-state index contributed by atoms with van der Waals surface area (Å²) in [4.78, 5) is 148. The van der Waals surface area contributed by atoms with Gasteiger partial charge in [0.2, 0.25) is 65.0 Å². The highest BCUT2D eigenvalue weighted by Crippen LogP contribution is 2.26. The molecule has 4 rings (SSSR count). The normalized spacial score (nSPS) is 23.6. The van der Waals surface area contributed by atoms with Crippen LogP contribution < -0.4 is 60.2 Å². The molecule has 0 unspecified atom stereocenters. The Bertz CT molecular complexity index is 2260. The number of carbonyl (C=O) groups is 11. The minimum absolute atomic E-state index is 0.0342. The number of phenols is 1. The Morgan fingerprint density at radius 3 is 1.73 bits per heavy atom. The number of likely N-dealkylation sites (tertiary alicyclic amines) is 1. The molecule has 0 radical (unpaired) electrons. The Kier molecular flexibility index (Phi) is 21.3. The highest BCUT2D eigenvalue weighted by atomic mass is 33.1. The summed E-state index contributed by atoms with van der Waals surface area (Å²) in [5.74, 6) is -10.9. The Hall–Kier alpha value is -6.93. The quantitative estimate of drug-likeness (QED) is 0.0753. The summed E-state index contributed by atoms with van der Waals surface area (Å²) < 4.78 is 0. The van der Waals surface area contributed by atoms with E-state index in [2.05, 4.69) is 37.2 Å². The molecule has 380 valence electrons. The Balaban J connectivity index is 1.71. The Morgan fingerprint density at radius 2 is 1.19 bits per heavy atom. The number of phenolic OH excluding ortho intramolecular Hbond substituents is 1. The van der Waals surface area contributed by atoms with Crippen molar-refractivity contribution in [1.29, 1.82) is 0 Å². The van der Waals surface area contributed by atoms with Gasteiger partial charge in [-0.05, 0) is 42.0 Å². The summed E-state index contributed by atoms with van der Waals surface area (Å²) in [5, 5.41) is 27.4. The minimum Gasteiger partial charge on any atom is -0.508 e. The maximum atomic E-state index is 14.5. The van der Waals surface area contributed by atoms with E-state index in [-0.39, 0.29) is 43.1 Å². The van der Waals surface area contributed by atoms with Crippen LogP contribution in [0.25, 0.3) is 0 Å². The van der Waals surface area contributed by atoms with Gasteiger partial charge in [-0.25, -0.2) is 0 Å². The van der Waals surface area contributed by atoms with Gasteiger partial charge >= 0.3 is 0 Å². The van der Waals surface area contributed by atoms with Crippen LogP contribution in [-0.4, -0.2) is 148 Å². The van der Waals surface area contributed by atoms with Gasteiger partial charge < -0.3 is 70.2 Å². The van der Waals surface area contributed by atoms with Crippen LogP contribution in [0.15, 0.2) is 54.6 Å². The fraction of sp³-hybridized carbons (Fsp3) is 0.477. The Morgan fingerprint density at radius 1 is 0.686 bits per heavy atom. The predicted octanol–water partition coefficient (Wildman–Crippen LogP) is -4.19. The largest absolute Gasteiger partial charge is 0.508 e. The molecule has 2 aliphatic heterocycles. The lowest BCUT2D eigenvalue weighted by Gasteiger charge is -2.31. The van der Waals surface area contributed by atoms with Crippen LogP contribution in [0.3, 0.4) is 0 Å². The number of carbonyl (C=O) groups excluding carboxylic acids is 11. The average Bonchev–Trinajstić information content (AvgIpc) is 3.80. The maximum Gasteiger partial charge on any atom is 0.246 e. The molecule has 2 aliphatic rings. The van der Waals surface area contributed by atoms with Crippen molar-refractivity contribution in [3.8, 4) is 5.75 Å². The number of benzene rings is 2. The number of nitrogens with two attached hydrogens (primary N) is 4. The zero-order chi connectivity index (χ0) is 51.7. The van der Waals surface area contributed by atoms with E-state index in [1.807, 2.05) is 0 Å². The topological polar surface area (TPSA) is 400 Å². The minimum atomic E-state index is -1.81. The van der Waals surface area contributed by atoms with Crippen LogP contribution in [0, 0.1) is 5.92 Å². The number of nitrogens with zero attached hydrogens (tertiary/aromatic N) is 1. The lowest BCUT2D eigenvalue weighted by atomic mass is 10.0. The van der Waals surface area contributed by atoms with Crippen molar-refractivity contribution < 1.29 is 57.8 Å². The zero-order valence-corrected chi connectivity index (χ0v) is 40.1. The number of primary amides is 3. The molecule has 2 aromatic carbocycles. The van der Waals surface area contributed by atoms with Crippen molar-refractivity contribution >= 4 is 86.6 Å². The van der Waals surface area contributed by atoms with Crippen molar-refractivity contribution in [2.75, 3.05) is 24.6 Å². The van der Waals surface area contributed by atoms with Crippen molar-refractivity contribution in [3.63, 3.8) is 0 Å². The molecule has 8 atom stereocenters. The molecule has 2 saturated heterocycles. The van der Waals surface area contributed by atoms with Crippen LogP contribution in [0.4, 0.5) is 0 Å². The molecule has 24 nitrogen and oxygen atoms in total. The summed E-state index contributed by atoms with van der Waals surface area (Å²) in [6.07, 6.45) is -1.48. The van der Waals surface area contributed by atoms with Crippen molar-refractivity contribution in [2.24, 2.45) is 28.9 Å². The average molecular weight is 1010 g/mol. The van der Waals surface area contributed by atoms with Crippen LogP contribution in [0.5, 0.6) is 5.75 Å². The van der Waals surface area contributed by atoms with E-state index in [0.717, 1.165) is 21.6 Å². The third kappa shape index (κ3) is 17.2. The summed E-state index contributed by atoms with van der Waals surface area (Å²) >= 11 is 0. The molecule has 70 heavy (non-hydrogen) atoms. The third-order valence-electron chi connectivity index (χ3n) is 11.0. The molecule has 0 aromatic heterocycles. The summed E-state index contributed by atoms with van der Waals surface area (Å²) in [6.45, 7) is 2.85. The lowest BCUT2D eigenvalue weighted by molar-refractivity contribution is -0.142. The SMILES string of the molecule is CC(C)[C@H](NC(=O)[C@@H]1CCCN1C(=O)[C@@H]1CSSC[C@H](N)C(=O)N[C@@H](Cc2ccc(O)cc2)C(=O)N[C@@H](Cc2ccccc2)C(=O)N[C@@H](CC(N)=O)C(=O)N[C@@H](CC(N)=O)C(=O)N1)C(=O)NCC(N)=O. The monoisotopic (exact) mass is 1010 g/mol. The number of amides is 11. The van der Waals surface area contributed by atoms with Crippen LogP contribution in [-0.2, 0) is 65.6 Å². The van der Waals surface area contributed by atoms with Gasteiger partial charge in [0.25, 0.3) is 0 Å². The molecule has 0 saturated carbocycles. The lowest BCUT2D eigenvalue weighted by Crippen LogP contribution is -2.61. The summed E-state index contributed by atoms with van der Waals surface area (Å²) in [6, 6.07) is 2.74. The number of hydrogen-bond acceptors (Lipinski definition) is 15. The fourth-order valence-corrected chi connectivity index (χ4v) is 9.66. The van der Waals surface area contributed by atoms with E-state index in [9.17, 15) is 57.8 Å². The van der Waals surface area contributed by atoms with Gasteiger partial charge in [-0.15, -0.1) is 0 Å². The first-order valence-electron chi connectivity index (χ1n) is 22.2. The molecular weight excluding hydrogens is 953 g/mol. The van der Waals surface area contributed by atoms with Gasteiger partial charge in [0.1, 0.15) is 48.0 Å². The van der Waals surface area contributed by atoms with Crippen LogP contribution >= 0.6 is 21.6 Å². The number of hydrogen-bond donors (Lipinski definition) is 12. The van der Waals surface area contributed by atoms with Gasteiger partial charge in [0.15, 0.2) is 0 Å². The number of nitrogens with one attached hydrogen (secondary N) is 7. The van der Waals surface area contributed by atoms with Gasteiger partial charge in [-0.1, -0.05) is 77.9 Å². The molecule has 26 heteroatoms. The molecular formula is C44H60N12O12S2. The van der Waals surface area contributed by atoms with E-state index in [1.165, 1.54) is 29.2 Å². The summed E-state index contributed by atoms with van der Waals surface area (Å²) in [5.41, 5.74) is 23.5. The first-order valence-corrected chi connectivity index (χ1v) is 24.7. The van der Waals surface area contributed by atoms with Crippen molar-refractivity contribution in [1.82, 2.24) is 42.1 Å². The molecule has 0 aliphatic carbocycles. The van der Waals surface area contributed by atoms with Gasteiger partial charge in [0, 0.05) is 30.9 Å². The second kappa shape index (κ2) is 26.7. The van der Waals surface area contributed by atoms with E-state index in [1.54, 1.807) is 44.2 Å². The highest BCUT2D eigenvalue weighted by Gasteiger charge is 2.41. The van der Waals surface area contributed by atoms with Crippen LogP contribution in [0.1, 0.15) is 50.7 Å². The Labute approximate surface area is 410 Å².